The first kappa shape index (κ1) is 24.8. The lowest BCUT2D eigenvalue weighted by molar-refractivity contribution is -0.121. The van der Waals surface area contributed by atoms with Crippen LogP contribution in [0.15, 0.2) is 60.7 Å². The molecule has 2 atom stereocenters. The van der Waals surface area contributed by atoms with Crippen LogP contribution in [0.4, 0.5) is 0 Å². The lowest BCUT2D eigenvalue weighted by Gasteiger charge is -2.23. The fourth-order valence-electron chi connectivity index (χ4n) is 4.30. The van der Waals surface area contributed by atoms with E-state index in [2.05, 4.69) is 20.7 Å². The largest absolute Gasteiger partial charge is 0.345 e. The molecule has 1 aliphatic heterocycles. The molecule has 0 aliphatic carbocycles. The Kier molecular flexibility index (Phi) is 7.49. The van der Waals surface area contributed by atoms with Gasteiger partial charge in [-0.05, 0) is 47.4 Å². The van der Waals surface area contributed by atoms with Gasteiger partial charge in [0.25, 0.3) is 11.8 Å². The molecular formula is C26H30N4O4S. The fourth-order valence-corrected chi connectivity index (χ4v) is 5.44. The van der Waals surface area contributed by atoms with Crippen molar-refractivity contribution >= 4 is 32.6 Å². The number of fused-ring (bicyclic) bond motifs is 1. The third-order valence-corrected chi connectivity index (χ3v) is 7.38. The lowest BCUT2D eigenvalue weighted by Crippen LogP contribution is -2.56. The zero-order valence-corrected chi connectivity index (χ0v) is 20.6. The van der Waals surface area contributed by atoms with Gasteiger partial charge in [0, 0.05) is 25.2 Å². The monoisotopic (exact) mass is 494 g/mol. The van der Waals surface area contributed by atoms with Gasteiger partial charge < -0.3 is 16.0 Å². The first-order valence-corrected chi connectivity index (χ1v) is 13.3. The Morgan fingerprint density at radius 1 is 1.06 bits per heavy atom. The van der Waals surface area contributed by atoms with Crippen molar-refractivity contribution in [3.8, 4) is 0 Å². The van der Waals surface area contributed by atoms with Crippen molar-refractivity contribution in [2.24, 2.45) is 0 Å². The van der Waals surface area contributed by atoms with E-state index < -0.39 is 27.7 Å². The molecule has 184 valence electrons. The molecule has 1 unspecified atom stereocenters. The van der Waals surface area contributed by atoms with Crippen LogP contribution in [0.1, 0.15) is 40.0 Å². The minimum atomic E-state index is -3.93. The van der Waals surface area contributed by atoms with E-state index in [1.54, 1.807) is 25.1 Å². The Bertz CT molecular complexity index is 1350. The highest BCUT2D eigenvalue weighted by Gasteiger charge is 2.25. The number of benzene rings is 3. The van der Waals surface area contributed by atoms with Crippen LogP contribution in [0.25, 0.3) is 10.8 Å². The number of piperazine rings is 1. The van der Waals surface area contributed by atoms with E-state index in [0.717, 1.165) is 28.4 Å². The molecule has 35 heavy (non-hydrogen) atoms. The van der Waals surface area contributed by atoms with Gasteiger partial charge in [-0.1, -0.05) is 54.6 Å². The predicted octanol–water partition coefficient (Wildman–Crippen LogP) is 2.15. The summed E-state index contributed by atoms with van der Waals surface area (Å²) < 4.78 is 27.4. The molecule has 4 rings (SSSR count). The summed E-state index contributed by atoms with van der Waals surface area (Å²) >= 11 is 0. The molecule has 8 nitrogen and oxygen atoms in total. The Balaban J connectivity index is 1.47. The molecule has 3 aromatic rings. The van der Waals surface area contributed by atoms with Crippen LogP contribution in [0.2, 0.25) is 0 Å². The summed E-state index contributed by atoms with van der Waals surface area (Å²) in [7, 11) is -3.93. The van der Waals surface area contributed by atoms with Crippen molar-refractivity contribution in [3.05, 3.63) is 82.9 Å². The quantitative estimate of drug-likeness (QED) is 0.400. The number of sulfonamides is 1. The minimum absolute atomic E-state index is 0.253. The number of nitrogens with one attached hydrogen (secondary N) is 4. The molecule has 0 aromatic heterocycles. The van der Waals surface area contributed by atoms with Gasteiger partial charge in [0.15, 0.2) is 0 Å². The maximum atomic E-state index is 13.1. The maximum absolute atomic E-state index is 13.1. The average Bonchev–Trinajstić information content (AvgIpc) is 2.84. The van der Waals surface area contributed by atoms with Crippen molar-refractivity contribution in [1.29, 1.82) is 0 Å². The summed E-state index contributed by atoms with van der Waals surface area (Å²) in [6.07, 6.45) is 0. The molecule has 0 radical (unpaired) electrons. The minimum Gasteiger partial charge on any atom is -0.345 e. The van der Waals surface area contributed by atoms with Crippen LogP contribution >= 0.6 is 0 Å². The van der Waals surface area contributed by atoms with Gasteiger partial charge in [-0.3, -0.25) is 14.3 Å². The molecule has 0 saturated carbocycles. The van der Waals surface area contributed by atoms with Gasteiger partial charge in [-0.2, -0.15) is 0 Å². The van der Waals surface area contributed by atoms with E-state index in [4.69, 9.17) is 0 Å². The third-order valence-electron chi connectivity index (χ3n) is 6.15. The van der Waals surface area contributed by atoms with Crippen molar-refractivity contribution in [2.75, 3.05) is 19.6 Å². The molecule has 1 aliphatic rings. The van der Waals surface area contributed by atoms with Crippen LogP contribution in [-0.2, 0) is 20.6 Å². The highest BCUT2D eigenvalue weighted by molar-refractivity contribution is 7.89. The highest BCUT2D eigenvalue weighted by atomic mass is 32.2. The van der Waals surface area contributed by atoms with Gasteiger partial charge in [-0.15, -0.1) is 0 Å². The van der Waals surface area contributed by atoms with Gasteiger partial charge in [0.1, 0.15) is 6.04 Å². The predicted molar refractivity (Wildman–Crippen MR) is 136 cm³/mol. The van der Waals surface area contributed by atoms with Crippen molar-refractivity contribution in [2.45, 2.75) is 31.7 Å². The molecule has 2 amide bonds. The van der Waals surface area contributed by atoms with Gasteiger partial charge in [0.2, 0.25) is 10.0 Å². The first-order chi connectivity index (χ1) is 16.7. The Morgan fingerprint density at radius 2 is 1.83 bits per heavy atom. The van der Waals surface area contributed by atoms with E-state index in [9.17, 15) is 18.0 Å². The summed E-state index contributed by atoms with van der Waals surface area (Å²) in [6, 6.07) is 18.1. The van der Waals surface area contributed by atoms with Crippen LogP contribution in [-0.4, -0.2) is 45.9 Å². The van der Waals surface area contributed by atoms with Crippen LogP contribution in [0.3, 0.4) is 0 Å². The summed E-state index contributed by atoms with van der Waals surface area (Å²) in [5.74, 6) is -1.28. The molecule has 1 fully saturated rings. The molecule has 3 aromatic carbocycles. The zero-order valence-electron chi connectivity index (χ0n) is 19.8. The maximum Gasteiger partial charge on any atom is 0.252 e. The van der Waals surface area contributed by atoms with E-state index in [0.29, 0.717) is 24.2 Å². The SMILES string of the molecule is Cc1ccc(CS(=O)(=O)NC(=O)C2CNCCN2)cc1C(=O)N[C@H](C)c1cccc2ccccc12. The number of rotatable bonds is 7. The normalized spacial score (nSPS) is 17.0. The second-order valence-corrected chi connectivity index (χ2v) is 10.6. The summed E-state index contributed by atoms with van der Waals surface area (Å²) in [6.45, 7) is 5.41. The molecule has 0 spiro atoms. The number of carbonyl (C=O) groups excluding carboxylic acids is 2. The lowest BCUT2D eigenvalue weighted by atomic mass is 9.99. The first-order valence-electron chi connectivity index (χ1n) is 11.6. The third kappa shape index (κ3) is 6.05. The topological polar surface area (TPSA) is 116 Å². The smallest absolute Gasteiger partial charge is 0.252 e. The summed E-state index contributed by atoms with van der Waals surface area (Å²) in [5, 5.41) is 11.2. The van der Waals surface area contributed by atoms with Gasteiger partial charge in [-0.25, -0.2) is 8.42 Å². The van der Waals surface area contributed by atoms with Crippen LogP contribution in [0.5, 0.6) is 0 Å². The second-order valence-electron chi connectivity index (χ2n) is 8.85. The Hall–Kier alpha value is -3.27. The number of aryl methyl sites for hydroxylation is 1. The number of amides is 2. The number of hydrogen-bond acceptors (Lipinski definition) is 6. The molecule has 0 bridgehead atoms. The highest BCUT2D eigenvalue weighted by Crippen LogP contribution is 2.24. The van der Waals surface area contributed by atoms with Crippen molar-refractivity contribution < 1.29 is 18.0 Å². The van der Waals surface area contributed by atoms with Crippen LogP contribution in [0, 0.1) is 6.92 Å². The standard InChI is InChI=1S/C26H30N4O4S/c1-17-10-11-19(16-35(33,34)30-26(32)24-15-27-12-13-28-24)14-23(17)25(31)29-18(2)21-9-5-7-20-6-3-4-8-22(20)21/h3-11,14,18,24,27-28H,12-13,15-16H2,1-2H3,(H,29,31)(H,30,32)/t18-,24?/m1/s1. The fraction of sp³-hybridized carbons (Fsp3) is 0.308. The van der Waals surface area contributed by atoms with E-state index in [-0.39, 0.29) is 11.9 Å². The van der Waals surface area contributed by atoms with E-state index in [1.165, 1.54) is 0 Å². The average molecular weight is 495 g/mol. The molecular weight excluding hydrogens is 464 g/mol. The molecule has 1 heterocycles. The van der Waals surface area contributed by atoms with Crippen LogP contribution < -0.4 is 20.7 Å². The van der Waals surface area contributed by atoms with Gasteiger partial charge in [0.05, 0.1) is 11.8 Å². The molecule has 4 N–H and O–H groups in total. The molecule has 1 saturated heterocycles. The van der Waals surface area contributed by atoms with Crippen molar-refractivity contribution in [1.82, 2.24) is 20.7 Å². The van der Waals surface area contributed by atoms with E-state index >= 15 is 0 Å². The van der Waals surface area contributed by atoms with E-state index in [1.807, 2.05) is 49.4 Å². The second kappa shape index (κ2) is 10.6. The Morgan fingerprint density at radius 3 is 2.60 bits per heavy atom. The number of carbonyl (C=O) groups is 2. The summed E-state index contributed by atoms with van der Waals surface area (Å²) in [4.78, 5) is 25.5. The van der Waals surface area contributed by atoms with Gasteiger partial charge >= 0.3 is 0 Å². The Labute approximate surface area is 205 Å². The number of hydrogen-bond donors (Lipinski definition) is 4. The molecule has 9 heteroatoms. The van der Waals surface area contributed by atoms with Crippen molar-refractivity contribution in [3.63, 3.8) is 0 Å². The zero-order chi connectivity index (χ0) is 25.0. The summed E-state index contributed by atoms with van der Waals surface area (Å²) in [5.41, 5.74) is 2.56.